The zero-order valence-electron chi connectivity index (χ0n) is 11.4. The maximum absolute atomic E-state index is 11.5. The van der Waals surface area contributed by atoms with Gasteiger partial charge >= 0.3 is 11.9 Å². The number of thioether (sulfide) groups is 1. The summed E-state index contributed by atoms with van der Waals surface area (Å²) in [5.41, 5.74) is 0.851. The molecule has 1 heterocycles. The van der Waals surface area contributed by atoms with Crippen LogP contribution in [0.2, 0.25) is 0 Å². The summed E-state index contributed by atoms with van der Waals surface area (Å²) in [5.74, 6) is -2.48. The van der Waals surface area contributed by atoms with Gasteiger partial charge in [0.1, 0.15) is 5.25 Å². The summed E-state index contributed by atoms with van der Waals surface area (Å²) >= 11 is 2.92. The molecule has 1 aromatic rings. The summed E-state index contributed by atoms with van der Waals surface area (Å²) in [4.78, 5) is 33.0. The predicted molar refractivity (Wildman–Crippen MR) is 92.9 cm³/mol. The Morgan fingerprint density at radius 2 is 2.13 bits per heavy atom. The van der Waals surface area contributed by atoms with Crippen molar-refractivity contribution in [3.8, 4) is 0 Å². The van der Waals surface area contributed by atoms with E-state index >= 15 is 0 Å². The number of aromatic carboxylic acids is 1. The van der Waals surface area contributed by atoms with Crippen molar-refractivity contribution < 1.29 is 24.6 Å². The van der Waals surface area contributed by atoms with E-state index in [9.17, 15) is 14.4 Å². The molecule has 23 heavy (non-hydrogen) atoms. The van der Waals surface area contributed by atoms with Crippen molar-refractivity contribution in [1.29, 1.82) is 0 Å². The van der Waals surface area contributed by atoms with Gasteiger partial charge < -0.3 is 15.5 Å². The molecular formula is C13H10IN3O5S. The van der Waals surface area contributed by atoms with Crippen LogP contribution in [0.4, 0.5) is 0 Å². The van der Waals surface area contributed by atoms with Crippen LogP contribution in [0.3, 0.4) is 0 Å². The van der Waals surface area contributed by atoms with Gasteiger partial charge in [0.15, 0.2) is 5.17 Å². The van der Waals surface area contributed by atoms with Crippen LogP contribution in [0.15, 0.2) is 28.4 Å². The highest BCUT2D eigenvalue weighted by Crippen LogP contribution is 2.22. The van der Waals surface area contributed by atoms with Gasteiger partial charge in [-0.3, -0.25) is 9.59 Å². The summed E-state index contributed by atoms with van der Waals surface area (Å²) < 4.78 is 0.566. The van der Waals surface area contributed by atoms with Crippen molar-refractivity contribution >= 4 is 63.6 Å². The maximum atomic E-state index is 11.5. The zero-order valence-corrected chi connectivity index (χ0v) is 14.4. The normalized spacial score (nSPS) is 19.3. The molecule has 2 rings (SSSR count). The number of carboxylic acid groups (broad SMARTS) is 2. The molecular weight excluding hydrogens is 437 g/mol. The number of carbonyl (C=O) groups excluding carboxylic acids is 1. The van der Waals surface area contributed by atoms with E-state index in [4.69, 9.17) is 10.2 Å². The maximum Gasteiger partial charge on any atom is 0.336 e. The van der Waals surface area contributed by atoms with E-state index in [0.29, 0.717) is 9.13 Å². The Labute approximate surface area is 148 Å². The second-order valence-electron chi connectivity index (χ2n) is 4.39. The molecule has 10 heteroatoms. The fourth-order valence-corrected chi connectivity index (χ4v) is 3.36. The fraction of sp³-hybridized carbons (Fsp3) is 0.154. The highest BCUT2D eigenvalue weighted by molar-refractivity contribution is 14.1. The number of carboxylic acids is 2. The predicted octanol–water partition coefficient (Wildman–Crippen LogP) is 1.39. The Hall–Kier alpha value is -1.95. The monoisotopic (exact) mass is 447 g/mol. The zero-order chi connectivity index (χ0) is 17.0. The lowest BCUT2D eigenvalue weighted by Gasteiger charge is -1.99. The fourth-order valence-electron chi connectivity index (χ4n) is 1.68. The van der Waals surface area contributed by atoms with Crippen LogP contribution < -0.4 is 5.32 Å². The summed E-state index contributed by atoms with van der Waals surface area (Å²) in [6, 6.07) is 4.69. The number of carbonyl (C=O) groups is 3. The van der Waals surface area contributed by atoms with Crippen LogP contribution >= 0.6 is 34.4 Å². The number of aliphatic carboxylic acids is 1. The molecule has 0 aliphatic carbocycles. The van der Waals surface area contributed by atoms with Crippen LogP contribution in [0.5, 0.6) is 0 Å². The van der Waals surface area contributed by atoms with Gasteiger partial charge in [0.05, 0.1) is 18.2 Å². The molecule has 1 aromatic carbocycles. The largest absolute Gasteiger partial charge is 0.481 e. The van der Waals surface area contributed by atoms with Crippen molar-refractivity contribution in [3.05, 3.63) is 32.9 Å². The number of nitrogens with zero attached hydrogens (tertiary/aromatic N) is 2. The second-order valence-corrected chi connectivity index (χ2v) is 6.74. The van der Waals surface area contributed by atoms with Crippen LogP contribution in [-0.2, 0) is 9.59 Å². The third-order valence-electron chi connectivity index (χ3n) is 2.72. The first-order chi connectivity index (χ1) is 10.9. The number of nitrogens with one attached hydrogen (secondary N) is 1. The highest BCUT2D eigenvalue weighted by atomic mass is 127. The van der Waals surface area contributed by atoms with Gasteiger partial charge in [-0.05, 0) is 40.3 Å². The average Bonchev–Trinajstić information content (AvgIpc) is 2.78. The molecule has 1 saturated heterocycles. The lowest BCUT2D eigenvalue weighted by molar-refractivity contribution is -0.138. The SMILES string of the molecule is O=C(O)CC1SC(=NN=Cc2ccc(C(=O)O)c(I)c2)NC1=O. The molecule has 1 aliphatic rings. The molecule has 3 N–H and O–H groups in total. The molecule has 1 unspecified atom stereocenters. The molecule has 1 aliphatic heterocycles. The van der Waals surface area contributed by atoms with Crippen LogP contribution in [-0.4, -0.2) is 44.7 Å². The molecule has 1 fully saturated rings. The Morgan fingerprint density at radius 1 is 1.39 bits per heavy atom. The molecule has 0 spiro atoms. The van der Waals surface area contributed by atoms with Crippen LogP contribution in [0, 0.1) is 3.57 Å². The summed E-state index contributed by atoms with van der Waals surface area (Å²) in [5, 5.41) is 27.2. The molecule has 1 atom stereocenters. The molecule has 8 nitrogen and oxygen atoms in total. The Balaban J connectivity index is 2.04. The van der Waals surface area contributed by atoms with Crippen molar-refractivity contribution in [3.63, 3.8) is 0 Å². The van der Waals surface area contributed by atoms with Crippen LogP contribution in [0.25, 0.3) is 0 Å². The van der Waals surface area contributed by atoms with Gasteiger partial charge in [-0.1, -0.05) is 17.8 Å². The minimum atomic E-state index is -1.06. The minimum Gasteiger partial charge on any atom is -0.481 e. The van der Waals surface area contributed by atoms with E-state index in [1.54, 1.807) is 12.1 Å². The summed E-state index contributed by atoms with van der Waals surface area (Å²) in [6.07, 6.45) is 1.13. The summed E-state index contributed by atoms with van der Waals surface area (Å²) in [7, 11) is 0. The Bertz CT molecular complexity index is 734. The minimum absolute atomic E-state index is 0.198. The van der Waals surface area contributed by atoms with Crippen molar-refractivity contribution in [1.82, 2.24) is 5.32 Å². The lowest BCUT2D eigenvalue weighted by Crippen LogP contribution is -2.26. The molecule has 0 aromatic heterocycles. The second kappa shape index (κ2) is 7.55. The number of benzene rings is 1. The number of hydrogen-bond acceptors (Lipinski definition) is 6. The van der Waals surface area contributed by atoms with E-state index < -0.39 is 23.1 Å². The number of halogens is 1. The van der Waals surface area contributed by atoms with Gasteiger partial charge in [0.2, 0.25) is 5.91 Å². The third-order valence-corrected chi connectivity index (χ3v) is 4.68. The van der Waals surface area contributed by atoms with E-state index in [1.807, 2.05) is 22.6 Å². The van der Waals surface area contributed by atoms with E-state index in [1.165, 1.54) is 12.3 Å². The van der Waals surface area contributed by atoms with E-state index in [2.05, 4.69) is 15.5 Å². The molecule has 120 valence electrons. The highest BCUT2D eigenvalue weighted by Gasteiger charge is 2.32. The summed E-state index contributed by atoms with van der Waals surface area (Å²) in [6.45, 7) is 0. The Kier molecular flexibility index (Phi) is 5.71. The van der Waals surface area contributed by atoms with Gasteiger partial charge in [-0.25, -0.2) is 4.79 Å². The Morgan fingerprint density at radius 3 is 2.74 bits per heavy atom. The van der Waals surface area contributed by atoms with Gasteiger partial charge in [-0.2, -0.15) is 5.10 Å². The quantitative estimate of drug-likeness (QED) is 0.356. The van der Waals surface area contributed by atoms with Gasteiger partial charge in [0, 0.05) is 3.57 Å². The van der Waals surface area contributed by atoms with Gasteiger partial charge in [-0.15, -0.1) is 5.10 Å². The van der Waals surface area contributed by atoms with E-state index in [0.717, 1.165) is 11.8 Å². The number of amidine groups is 1. The van der Waals surface area contributed by atoms with Crippen molar-refractivity contribution in [2.45, 2.75) is 11.7 Å². The third kappa shape index (κ3) is 4.76. The topological polar surface area (TPSA) is 128 Å². The number of rotatable bonds is 5. The smallest absolute Gasteiger partial charge is 0.336 e. The van der Waals surface area contributed by atoms with Crippen molar-refractivity contribution in [2.24, 2.45) is 10.2 Å². The molecule has 0 saturated carbocycles. The van der Waals surface area contributed by atoms with Gasteiger partial charge in [0.25, 0.3) is 0 Å². The number of amides is 1. The number of hydrogen-bond donors (Lipinski definition) is 3. The van der Waals surface area contributed by atoms with E-state index in [-0.39, 0.29) is 17.2 Å². The lowest BCUT2D eigenvalue weighted by atomic mass is 10.1. The first kappa shape index (κ1) is 17.4. The molecule has 0 bridgehead atoms. The standard InChI is InChI=1S/C13H10IN3O5S/c14-8-3-6(1-2-7(8)12(21)22)5-15-17-13-16-11(20)9(23-13)4-10(18)19/h1-3,5,9H,4H2,(H,18,19)(H,21,22)(H,16,17,20). The van der Waals surface area contributed by atoms with Crippen LogP contribution in [0.1, 0.15) is 22.3 Å². The first-order valence-corrected chi connectivity index (χ1v) is 8.16. The average molecular weight is 447 g/mol. The molecule has 1 amide bonds. The molecule has 0 radical (unpaired) electrons. The van der Waals surface area contributed by atoms with Crippen molar-refractivity contribution in [2.75, 3.05) is 0 Å². The first-order valence-electron chi connectivity index (χ1n) is 6.20.